The van der Waals surface area contributed by atoms with E-state index in [9.17, 15) is 9.90 Å². The van der Waals surface area contributed by atoms with Crippen LogP contribution in [0.2, 0.25) is 6.32 Å². The highest BCUT2D eigenvalue weighted by molar-refractivity contribution is 6.08. The zero-order valence-electron chi connectivity index (χ0n) is 12.6. The number of carbonyl (C=O) groups is 1. The molecular weight excluding hydrogens is 253 g/mol. The summed E-state index contributed by atoms with van der Waals surface area (Å²) >= 11 is 0. The van der Waals surface area contributed by atoms with Gasteiger partial charge in [0, 0.05) is 31.1 Å². The summed E-state index contributed by atoms with van der Waals surface area (Å²) in [5.74, 6) is -0.806. The molecule has 2 rings (SSSR count). The molecule has 2 fully saturated rings. The predicted octanol–water partition coefficient (Wildman–Crippen LogP) is -0.198. The molecule has 0 aromatic carbocycles. The molecule has 1 aliphatic heterocycles. The molecule has 0 spiro atoms. The van der Waals surface area contributed by atoms with Crippen LogP contribution in [0.5, 0.6) is 0 Å². The van der Waals surface area contributed by atoms with Crippen LogP contribution in [0.4, 0.5) is 0 Å². The van der Waals surface area contributed by atoms with Gasteiger partial charge in [0.1, 0.15) is 13.4 Å². The summed E-state index contributed by atoms with van der Waals surface area (Å²) in [4.78, 5) is 13.9. The van der Waals surface area contributed by atoms with Crippen molar-refractivity contribution in [2.45, 2.75) is 62.5 Å². The molecule has 2 aliphatic rings. The van der Waals surface area contributed by atoms with Crippen LogP contribution in [0.1, 0.15) is 38.5 Å². The number of carboxylic acids is 1. The van der Waals surface area contributed by atoms with Gasteiger partial charge in [0.05, 0.1) is 0 Å². The van der Waals surface area contributed by atoms with Gasteiger partial charge in [-0.25, -0.2) is 0 Å². The zero-order valence-corrected chi connectivity index (χ0v) is 12.6. The van der Waals surface area contributed by atoms with Crippen molar-refractivity contribution in [2.75, 3.05) is 13.1 Å². The summed E-state index contributed by atoms with van der Waals surface area (Å²) in [7, 11) is 2.13. The molecule has 2 unspecified atom stereocenters. The molecule has 0 amide bonds. The largest absolute Gasteiger partial charge is 0.480 e. The predicted molar refractivity (Wildman–Crippen MR) is 82.4 cm³/mol. The molecule has 1 saturated heterocycles. The Labute approximate surface area is 122 Å². The number of nitrogens with zero attached hydrogens (tertiary/aromatic N) is 1. The molecule has 1 aliphatic carbocycles. The van der Waals surface area contributed by atoms with E-state index in [1.807, 2.05) is 0 Å². The minimum atomic E-state index is -1.09. The van der Waals surface area contributed by atoms with Crippen LogP contribution in [0.25, 0.3) is 0 Å². The van der Waals surface area contributed by atoms with Gasteiger partial charge < -0.3 is 16.6 Å². The van der Waals surface area contributed by atoms with Crippen LogP contribution >= 0.6 is 0 Å². The summed E-state index contributed by atoms with van der Waals surface area (Å²) in [5.41, 5.74) is 11.4. The van der Waals surface area contributed by atoms with E-state index in [2.05, 4.69) is 12.7 Å². The first kappa shape index (κ1) is 15.8. The van der Waals surface area contributed by atoms with E-state index >= 15 is 0 Å². The van der Waals surface area contributed by atoms with Crippen LogP contribution in [0.3, 0.4) is 0 Å². The van der Waals surface area contributed by atoms with Crippen molar-refractivity contribution in [2.24, 2.45) is 17.4 Å². The number of rotatable bonds is 5. The zero-order chi connectivity index (χ0) is 14.8. The van der Waals surface area contributed by atoms with E-state index in [1.54, 1.807) is 0 Å². The minimum absolute atomic E-state index is 0.0501. The first-order valence-electron chi connectivity index (χ1n) is 8.01. The normalized spacial score (nSPS) is 39.0. The van der Waals surface area contributed by atoms with E-state index in [0.29, 0.717) is 12.6 Å². The van der Waals surface area contributed by atoms with Crippen molar-refractivity contribution in [3.63, 3.8) is 0 Å². The van der Waals surface area contributed by atoms with E-state index in [1.165, 1.54) is 12.8 Å². The second-order valence-corrected chi connectivity index (χ2v) is 6.63. The van der Waals surface area contributed by atoms with Crippen molar-refractivity contribution in [1.29, 1.82) is 0 Å². The number of hydrogen-bond acceptors (Lipinski definition) is 4. The fourth-order valence-electron chi connectivity index (χ4n) is 3.86. The van der Waals surface area contributed by atoms with Gasteiger partial charge in [0.15, 0.2) is 0 Å². The molecule has 4 atom stereocenters. The first-order chi connectivity index (χ1) is 9.49. The van der Waals surface area contributed by atoms with Gasteiger partial charge in [-0.05, 0) is 19.3 Å². The monoisotopic (exact) mass is 281 g/mol. The molecule has 0 radical (unpaired) electrons. The van der Waals surface area contributed by atoms with E-state index in [-0.39, 0.29) is 12.0 Å². The highest BCUT2D eigenvalue weighted by atomic mass is 16.4. The highest BCUT2D eigenvalue weighted by Crippen LogP contribution is 2.34. The van der Waals surface area contributed by atoms with Gasteiger partial charge in [-0.2, -0.15) is 0 Å². The lowest BCUT2D eigenvalue weighted by atomic mass is 9.83. The molecule has 20 heavy (non-hydrogen) atoms. The average molecular weight is 281 g/mol. The maximum absolute atomic E-state index is 11.6. The lowest BCUT2D eigenvalue weighted by Crippen LogP contribution is -2.56. The van der Waals surface area contributed by atoms with Crippen molar-refractivity contribution in [3.05, 3.63) is 0 Å². The fourth-order valence-corrected chi connectivity index (χ4v) is 3.86. The van der Waals surface area contributed by atoms with Crippen molar-refractivity contribution >= 4 is 13.8 Å². The second kappa shape index (κ2) is 6.45. The van der Waals surface area contributed by atoms with Crippen LogP contribution in [0, 0.1) is 5.92 Å². The Balaban J connectivity index is 2.08. The summed E-state index contributed by atoms with van der Waals surface area (Å²) in [6.07, 6.45) is 7.54. The second-order valence-electron chi connectivity index (χ2n) is 6.63. The van der Waals surface area contributed by atoms with Crippen LogP contribution in [0.15, 0.2) is 0 Å². The van der Waals surface area contributed by atoms with Gasteiger partial charge in [0.2, 0.25) is 0 Å². The van der Waals surface area contributed by atoms with Gasteiger partial charge >= 0.3 is 5.97 Å². The average Bonchev–Trinajstić information content (AvgIpc) is 2.75. The first-order valence-corrected chi connectivity index (χ1v) is 8.01. The lowest BCUT2D eigenvalue weighted by Gasteiger charge is -2.36. The number of carboxylic acid groups (broad SMARTS) is 1. The lowest BCUT2D eigenvalue weighted by molar-refractivity contribution is -0.144. The van der Waals surface area contributed by atoms with Crippen LogP contribution in [-0.4, -0.2) is 54.5 Å². The van der Waals surface area contributed by atoms with E-state index in [4.69, 9.17) is 11.5 Å². The van der Waals surface area contributed by atoms with Gasteiger partial charge in [0.25, 0.3) is 0 Å². The van der Waals surface area contributed by atoms with Crippen molar-refractivity contribution in [3.8, 4) is 0 Å². The summed E-state index contributed by atoms with van der Waals surface area (Å²) in [6, 6.07) is 0.490. The van der Waals surface area contributed by atoms with Gasteiger partial charge in [-0.15, -0.1) is 0 Å². The third kappa shape index (κ3) is 3.02. The Hall–Kier alpha value is -0.585. The molecule has 6 heteroatoms. The fraction of sp³-hybridized carbons (Fsp3) is 0.929. The number of likely N-dealkylation sites (tertiary alicyclic amines) is 1. The van der Waals surface area contributed by atoms with E-state index < -0.39 is 11.5 Å². The standard InChI is InChI=1S/C14H28BN3O2/c15-7-3-4-10-8-18(9-14(10,17)13(19)20)12-6-2-1-5-11(12)16/h10-12H,1-9,15-17H2,(H,19,20)/t10-,11?,12?,14-/m0/s1. The summed E-state index contributed by atoms with van der Waals surface area (Å²) in [5, 5.41) is 9.54. The van der Waals surface area contributed by atoms with Crippen LogP contribution < -0.4 is 11.5 Å². The summed E-state index contributed by atoms with van der Waals surface area (Å²) in [6.45, 7) is 1.25. The van der Waals surface area contributed by atoms with Crippen LogP contribution in [-0.2, 0) is 4.79 Å². The molecule has 0 aromatic rings. The molecule has 5 nitrogen and oxygen atoms in total. The number of hydrogen-bond donors (Lipinski definition) is 3. The molecule has 5 N–H and O–H groups in total. The highest BCUT2D eigenvalue weighted by Gasteiger charge is 2.51. The Bertz CT molecular complexity index is 355. The topological polar surface area (TPSA) is 92.6 Å². The SMILES string of the molecule is BCCC[C@H]1CN(C2CCCCC2N)C[C@@]1(N)C(=O)O. The quantitative estimate of drug-likeness (QED) is 0.607. The molecule has 114 valence electrons. The Morgan fingerprint density at radius 1 is 1.40 bits per heavy atom. The van der Waals surface area contributed by atoms with Crippen molar-refractivity contribution < 1.29 is 9.90 Å². The van der Waals surface area contributed by atoms with E-state index in [0.717, 1.165) is 38.5 Å². The number of aliphatic carboxylic acids is 1. The smallest absolute Gasteiger partial charge is 0.325 e. The minimum Gasteiger partial charge on any atom is -0.480 e. The van der Waals surface area contributed by atoms with Crippen molar-refractivity contribution in [1.82, 2.24) is 4.90 Å². The third-order valence-electron chi connectivity index (χ3n) is 5.20. The number of nitrogens with two attached hydrogens (primary N) is 2. The molecule has 0 aromatic heterocycles. The maximum Gasteiger partial charge on any atom is 0.325 e. The molecule has 1 saturated carbocycles. The summed E-state index contributed by atoms with van der Waals surface area (Å²) < 4.78 is 0. The Morgan fingerprint density at radius 3 is 2.70 bits per heavy atom. The molecule has 0 bridgehead atoms. The maximum atomic E-state index is 11.6. The Morgan fingerprint density at radius 2 is 2.10 bits per heavy atom. The van der Waals surface area contributed by atoms with Gasteiger partial charge in [-0.1, -0.05) is 25.6 Å². The molecule has 1 heterocycles. The third-order valence-corrected chi connectivity index (χ3v) is 5.20. The Kier molecular flexibility index (Phi) is 5.10. The molecular formula is C14H28BN3O2. The van der Waals surface area contributed by atoms with Gasteiger partial charge in [-0.3, -0.25) is 9.69 Å².